The lowest BCUT2D eigenvalue weighted by atomic mass is 10.1. The largest absolute Gasteiger partial charge is 0.436 e. The van der Waals surface area contributed by atoms with Crippen LogP contribution in [0.25, 0.3) is 22.6 Å². The van der Waals surface area contributed by atoms with Gasteiger partial charge in [-0.1, -0.05) is 12.1 Å². The molecular formula is C25H20F4N4O3. The average molecular weight is 500 g/mol. The molecule has 0 unspecified atom stereocenters. The van der Waals surface area contributed by atoms with Crippen molar-refractivity contribution >= 4 is 22.8 Å². The number of anilines is 1. The summed E-state index contributed by atoms with van der Waals surface area (Å²) in [6.45, 7) is 3.50. The predicted molar refractivity (Wildman–Crippen MR) is 123 cm³/mol. The van der Waals surface area contributed by atoms with Crippen LogP contribution in [0.15, 0.2) is 59.0 Å². The molecule has 0 radical (unpaired) electrons. The Kier molecular flexibility index (Phi) is 6.42. The number of halogens is 4. The van der Waals surface area contributed by atoms with E-state index in [1.54, 1.807) is 12.1 Å². The van der Waals surface area contributed by atoms with Crippen LogP contribution in [0.3, 0.4) is 0 Å². The quantitative estimate of drug-likeness (QED) is 0.383. The van der Waals surface area contributed by atoms with Crippen molar-refractivity contribution in [2.24, 2.45) is 0 Å². The summed E-state index contributed by atoms with van der Waals surface area (Å²) in [6, 6.07) is 12.0. The number of amides is 1. The fourth-order valence-corrected chi connectivity index (χ4v) is 3.99. The highest BCUT2D eigenvalue weighted by Gasteiger charge is 2.35. The van der Waals surface area contributed by atoms with E-state index in [4.69, 9.17) is 9.15 Å². The second-order valence-corrected chi connectivity index (χ2v) is 8.22. The summed E-state index contributed by atoms with van der Waals surface area (Å²) in [4.78, 5) is 23.9. The van der Waals surface area contributed by atoms with Gasteiger partial charge in [-0.2, -0.15) is 13.2 Å². The Morgan fingerprint density at radius 1 is 1.03 bits per heavy atom. The number of hydrogen-bond donors (Lipinski definition) is 1. The molecule has 186 valence electrons. The number of pyridine rings is 1. The highest BCUT2D eigenvalue weighted by molar-refractivity contribution is 6.11. The van der Waals surface area contributed by atoms with E-state index in [1.165, 1.54) is 18.2 Å². The molecule has 1 N–H and O–H groups in total. The zero-order valence-electron chi connectivity index (χ0n) is 18.8. The SMILES string of the molecule is O=C(Nc1cccc(CN2CCOCC2)n1)c1cccc2oc(-c3ccc(F)cc3C(F)(F)F)nc12. The van der Waals surface area contributed by atoms with Crippen molar-refractivity contribution in [1.82, 2.24) is 14.9 Å². The summed E-state index contributed by atoms with van der Waals surface area (Å²) in [7, 11) is 0. The highest BCUT2D eigenvalue weighted by atomic mass is 19.4. The number of fused-ring (bicyclic) bond motifs is 1. The second-order valence-electron chi connectivity index (χ2n) is 8.22. The fraction of sp³-hybridized carbons (Fsp3) is 0.240. The molecule has 4 aromatic rings. The van der Waals surface area contributed by atoms with Gasteiger partial charge in [0, 0.05) is 25.2 Å². The van der Waals surface area contributed by atoms with Crippen LogP contribution >= 0.6 is 0 Å². The molecule has 3 heterocycles. The van der Waals surface area contributed by atoms with Gasteiger partial charge in [0.25, 0.3) is 5.91 Å². The molecule has 1 aliphatic heterocycles. The maximum absolute atomic E-state index is 13.5. The number of aromatic nitrogens is 2. The smallest absolute Gasteiger partial charge is 0.417 e. The van der Waals surface area contributed by atoms with Crippen molar-refractivity contribution in [2.45, 2.75) is 12.7 Å². The first-order valence-corrected chi connectivity index (χ1v) is 11.1. The molecule has 0 bridgehead atoms. The lowest BCUT2D eigenvalue weighted by Crippen LogP contribution is -2.35. The molecule has 7 nitrogen and oxygen atoms in total. The van der Waals surface area contributed by atoms with Gasteiger partial charge < -0.3 is 14.5 Å². The first kappa shape index (κ1) is 23.9. The van der Waals surface area contributed by atoms with Crippen LogP contribution in [0.2, 0.25) is 0 Å². The molecule has 1 fully saturated rings. The van der Waals surface area contributed by atoms with E-state index in [-0.39, 0.29) is 22.6 Å². The number of rotatable bonds is 5. The van der Waals surface area contributed by atoms with Crippen LogP contribution in [0.5, 0.6) is 0 Å². The Morgan fingerprint density at radius 2 is 1.81 bits per heavy atom. The molecule has 2 aromatic heterocycles. The predicted octanol–water partition coefficient (Wildman–Crippen LogP) is 5.13. The van der Waals surface area contributed by atoms with Crippen molar-refractivity contribution < 1.29 is 31.5 Å². The van der Waals surface area contributed by atoms with Crippen LogP contribution in [0.1, 0.15) is 21.6 Å². The minimum absolute atomic E-state index is 0.0759. The molecule has 11 heteroatoms. The van der Waals surface area contributed by atoms with Gasteiger partial charge in [-0.3, -0.25) is 9.69 Å². The summed E-state index contributed by atoms with van der Waals surface area (Å²) >= 11 is 0. The number of carbonyl (C=O) groups is 1. The fourth-order valence-electron chi connectivity index (χ4n) is 3.99. The number of para-hydroxylation sites is 1. The standard InChI is InChI=1S/C25H20F4N4O3/c26-15-7-8-17(19(13-15)25(27,28)29)24-32-22-18(4-2-5-20(22)36-24)23(34)31-21-6-1-3-16(30-21)14-33-9-11-35-12-10-33/h1-8,13H,9-12,14H2,(H,30,31,34). The highest BCUT2D eigenvalue weighted by Crippen LogP contribution is 2.38. The molecule has 1 aliphatic rings. The number of oxazole rings is 1. The third-order valence-corrected chi connectivity index (χ3v) is 5.72. The molecular weight excluding hydrogens is 480 g/mol. The van der Waals surface area contributed by atoms with Gasteiger partial charge in [-0.05, 0) is 42.5 Å². The Hall–Kier alpha value is -3.83. The zero-order valence-corrected chi connectivity index (χ0v) is 18.8. The van der Waals surface area contributed by atoms with Crippen molar-refractivity contribution in [3.05, 3.63) is 77.2 Å². The number of nitrogens with one attached hydrogen (secondary N) is 1. The number of hydrogen-bond acceptors (Lipinski definition) is 6. The van der Waals surface area contributed by atoms with Crippen molar-refractivity contribution in [3.63, 3.8) is 0 Å². The van der Waals surface area contributed by atoms with Gasteiger partial charge in [-0.15, -0.1) is 0 Å². The first-order valence-electron chi connectivity index (χ1n) is 11.1. The minimum atomic E-state index is -4.82. The number of alkyl halides is 3. The number of benzene rings is 2. The number of carbonyl (C=O) groups excluding carboxylic acids is 1. The van der Waals surface area contributed by atoms with Crippen molar-refractivity contribution in [3.8, 4) is 11.5 Å². The summed E-state index contributed by atoms with van der Waals surface area (Å²) in [6.07, 6.45) is -4.82. The van der Waals surface area contributed by atoms with E-state index in [0.717, 1.165) is 30.9 Å². The van der Waals surface area contributed by atoms with Gasteiger partial charge >= 0.3 is 6.18 Å². The Morgan fingerprint density at radius 3 is 2.58 bits per heavy atom. The average Bonchev–Trinajstić information content (AvgIpc) is 3.28. The molecule has 0 spiro atoms. The van der Waals surface area contributed by atoms with Gasteiger partial charge in [0.05, 0.1) is 30.0 Å². The van der Waals surface area contributed by atoms with Crippen molar-refractivity contribution in [2.75, 3.05) is 31.6 Å². The number of nitrogens with zero attached hydrogens (tertiary/aromatic N) is 3. The van der Waals surface area contributed by atoms with E-state index in [1.807, 2.05) is 6.07 Å². The Balaban J connectivity index is 1.42. The third kappa shape index (κ3) is 5.07. The van der Waals surface area contributed by atoms with Crippen LogP contribution in [-0.2, 0) is 17.5 Å². The number of morpholine rings is 1. The molecule has 1 amide bonds. The summed E-state index contributed by atoms with van der Waals surface area (Å²) in [5.74, 6) is -1.63. The van der Waals surface area contributed by atoms with Gasteiger partial charge in [0.2, 0.25) is 5.89 Å². The van der Waals surface area contributed by atoms with Crippen LogP contribution in [-0.4, -0.2) is 47.1 Å². The monoisotopic (exact) mass is 500 g/mol. The molecule has 2 aromatic carbocycles. The van der Waals surface area contributed by atoms with Crippen LogP contribution in [0.4, 0.5) is 23.4 Å². The Labute approximate surface area is 202 Å². The summed E-state index contributed by atoms with van der Waals surface area (Å²) in [5.41, 5.74) is -0.590. The van der Waals surface area contributed by atoms with E-state index < -0.39 is 29.0 Å². The first-order chi connectivity index (χ1) is 17.3. The third-order valence-electron chi connectivity index (χ3n) is 5.72. The van der Waals surface area contributed by atoms with Crippen LogP contribution < -0.4 is 5.32 Å². The maximum Gasteiger partial charge on any atom is 0.417 e. The summed E-state index contributed by atoms with van der Waals surface area (Å²) in [5, 5.41) is 2.72. The molecule has 36 heavy (non-hydrogen) atoms. The Bertz CT molecular complexity index is 1410. The zero-order chi connectivity index (χ0) is 25.3. The van der Waals surface area contributed by atoms with Gasteiger partial charge in [-0.25, -0.2) is 14.4 Å². The van der Waals surface area contributed by atoms with E-state index in [0.29, 0.717) is 31.6 Å². The van der Waals surface area contributed by atoms with E-state index >= 15 is 0 Å². The van der Waals surface area contributed by atoms with Crippen LogP contribution in [0, 0.1) is 5.82 Å². The van der Waals surface area contributed by atoms with E-state index in [9.17, 15) is 22.4 Å². The van der Waals surface area contributed by atoms with Gasteiger partial charge in [0.1, 0.15) is 17.2 Å². The molecule has 1 saturated heterocycles. The van der Waals surface area contributed by atoms with Gasteiger partial charge in [0.15, 0.2) is 5.58 Å². The van der Waals surface area contributed by atoms with E-state index in [2.05, 4.69) is 20.2 Å². The molecule has 5 rings (SSSR count). The minimum Gasteiger partial charge on any atom is -0.436 e. The number of ether oxygens (including phenoxy) is 1. The lowest BCUT2D eigenvalue weighted by molar-refractivity contribution is -0.137. The topological polar surface area (TPSA) is 80.5 Å². The molecule has 0 aliphatic carbocycles. The molecule has 0 atom stereocenters. The lowest BCUT2D eigenvalue weighted by Gasteiger charge is -2.26. The summed E-state index contributed by atoms with van der Waals surface area (Å²) < 4.78 is 64.8. The maximum atomic E-state index is 13.5. The molecule has 0 saturated carbocycles. The second kappa shape index (κ2) is 9.67. The normalized spacial score (nSPS) is 14.8. The van der Waals surface area contributed by atoms with Crippen molar-refractivity contribution in [1.29, 1.82) is 0 Å².